The summed E-state index contributed by atoms with van der Waals surface area (Å²) in [6.45, 7) is 5.90. The van der Waals surface area contributed by atoms with Crippen molar-refractivity contribution >= 4 is 22.6 Å². The summed E-state index contributed by atoms with van der Waals surface area (Å²) in [5.74, 6) is 0.844. The van der Waals surface area contributed by atoms with Crippen molar-refractivity contribution in [3.8, 4) is 0 Å². The van der Waals surface area contributed by atoms with Crippen LogP contribution < -0.4 is 0 Å². The van der Waals surface area contributed by atoms with Crippen molar-refractivity contribution in [2.24, 2.45) is 5.92 Å². The van der Waals surface area contributed by atoms with E-state index in [-0.39, 0.29) is 6.10 Å². The van der Waals surface area contributed by atoms with Gasteiger partial charge in [-0.3, -0.25) is 4.68 Å². The van der Waals surface area contributed by atoms with E-state index in [1.807, 2.05) is 17.1 Å². The molecular formula is C12H20IN3O. The van der Waals surface area contributed by atoms with Crippen LogP contribution in [0.15, 0.2) is 12.4 Å². The zero-order valence-electron chi connectivity index (χ0n) is 10.2. The quantitative estimate of drug-likeness (QED) is 0.840. The Morgan fingerprint density at radius 2 is 2.18 bits per heavy atom. The maximum atomic E-state index is 10.0. The molecule has 0 aliphatic carbocycles. The molecule has 5 heteroatoms. The fourth-order valence-electron chi connectivity index (χ4n) is 2.25. The molecule has 4 nitrogen and oxygen atoms in total. The van der Waals surface area contributed by atoms with Gasteiger partial charge in [-0.25, -0.2) is 0 Å². The van der Waals surface area contributed by atoms with Gasteiger partial charge in [-0.2, -0.15) is 5.10 Å². The topological polar surface area (TPSA) is 41.3 Å². The van der Waals surface area contributed by atoms with Crippen LogP contribution in [0, 0.1) is 9.49 Å². The number of aliphatic hydroxyl groups excluding tert-OH is 1. The van der Waals surface area contributed by atoms with Crippen LogP contribution in [0.1, 0.15) is 19.8 Å². The van der Waals surface area contributed by atoms with Crippen molar-refractivity contribution in [2.75, 3.05) is 19.6 Å². The average molecular weight is 349 g/mol. The van der Waals surface area contributed by atoms with Gasteiger partial charge in [0.1, 0.15) is 0 Å². The third-order valence-corrected chi connectivity index (χ3v) is 3.90. The van der Waals surface area contributed by atoms with E-state index in [0.717, 1.165) is 29.1 Å². The Balaban J connectivity index is 1.75. The van der Waals surface area contributed by atoms with E-state index in [2.05, 4.69) is 39.5 Å². The molecule has 1 aromatic heterocycles. The van der Waals surface area contributed by atoms with E-state index in [1.165, 1.54) is 12.8 Å². The molecule has 1 N–H and O–H groups in total. The highest BCUT2D eigenvalue weighted by Gasteiger charge is 2.18. The molecule has 1 aliphatic rings. The minimum Gasteiger partial charge on any atom is -0.390 e. The molecule has 0 radical (unpaired) electrons. The number of hydrogen-bond acceptors (Lipinski definition) is 3. The molecule has 2 rings (SSSR count). The van der Waals surface area contributed by atoms with Crippen molar-refractivity contribution in [3.05, 3.63) is 16.0 Å². The number of hydrogen-bond donors (Lipinski definition) is 1. The van der Waals surface area contributed by atoms with Crippen LogP contribution in [0.5, 0.6) is 0 Å². The Hall–Kier alpha value is -0.140. The zero-order valence-corrected chi connectivity index (χ0v) is 12.4. The average Bonchev–Trinajstić information content (AvgIpc) is 2.67. The van der Waals surface area contributed by atoms with Gasteiger partial charge in [0.15, 0.2) is 0 Å². The number of β-amino-alcohol motifs (C(OH)–C–C–N with tert-alkyl or cyclic N) is 1. The van der Waals surface area contributed by atoms with Crippen LogP contribution in [0.25, 0.3) is 0 Å². The van der Waals surface area contributed by atoms with Gasteiger partial charge in [0, 0.05) is 12.7 Å². The normalized spacial score (nSPS) is 20.6. The Morgan fingerprint density at radius 1 is 1.47 bits per heavy atom. The molecule has 1 aromatic rings. The summed E-state index contributed by atoms with van der Waals surface area (Å²) in [5, 5.41) is 14.2. The summed E-state index contributed by atoms with van der Waals surface area (Å²) >= 11 is 2.23. The second-order valence-electron chi connectivity index (χ2n) is 5.02. The number of aromatic nitrogens is 2. The summed E-state index contributed by atoms with van der Waals surface area (Å²) in [6, 6.07) is 0. The molecule has 17 heavy (non-hydrogen) atoms. The highest BCUT2D eigenvalue weighted by atomic mass is 127. The minimum atomic E-state index is -0.320. The van der Waals surface area contributed by atoms with Crippen LogP contribution in [0.3, 0.4) is 0 Å². The molecule has 2 heterocycles. The van der Waals surface area contributed by atoms with E-state index < -0.39 is 0 Å². The van der Waals surface area contributed by atoms with Gasteiger partial charge in [-0.1, -0.05) is 6.92 Å². The molecule has 1 atom stereocenters. The van der Waals surface area contributed by atoms with Crippen LogP contribution in [0.2, 0.25) is 0 Å². The lowest BCUT2D eigenvalue weighted by atomic mass is 9.99. The summed E-state index contributed by atoms with van der Waals surface area (Å²) in [5.41, 5.74) is 0. The Kier molecular flexibility index (Phi) is 4.81. The highest BCUT2D eigenvalue weighted by Crippen LogP contribution is 2.16. The number of aliphatic hydroxyl groups is 1. The second-order valence-corrected chi connectivity index (χ2v) is 6.26. The van der Waals surface area contributed by atoms with Gasteiger partial charge in [-0.15, -0.1) is 0 Å². The monoisotopic (exact) mass is 349 g/mol. The molecule has 0 bridgehead atoms. The van der Waals surface area contributed by atoms with Crippen LogP contribution >= 0.6 is 22.6 Å². The second kappa shape index (κ2) is 6.15. The third kappa shape index (κ3) is 4.22. The van der Waals surface area contributed by atoms with E-state index >= 15 is 0 Å². The fourth-order valence-corrected chi connectivity index (χ4v) is 2.70. The Labute approximate surface area is 116 Å². The van der Waals surface area contributed by atoms with Gasteiger partial charge in [0.2, 0.25) is 0 Å². The zero-order chi connectivity index (χ0) is 12.3. The van der Waals surface area contributed by atoms with Crippen molar-refractivity contribution in [3.63, 3.8) is 0 Å². The predicted molar refractivity (Wildman–Crippen MR) is 75.8 cm³/mol. The number of likely N-dealkylation sites (tertiary alicyclic amines) is 1. The largest absolute Gasteiger partial charge is 0.390 e. The standard InChI is InChI=1S/C12H20IN3O/c1-10-2-4-15(5-3-10)8-12(17)9-16-7-11(13)6-14-16/h6-7,10,12,17H,2-5,8-9H2,1H3. The molecule has 1 fully saturated rings. The van der Waals surface area contributed by atoms with Gasteiger partial charge in [0.05, 0.1) is 22.4 Å². The third-order valence-electron chi connectivity index (χ3n) is 3.34. The number of piperidine rings is 1. The molecule has 0 aromatic carbocycles. The maximum Gasteiger partial charge on any atom is 0.0862 e. The highest BCUT2D eigenvalue weighted by molar-refractivity contribution is 14.1. The van der Waals surface area contributed by atoms with Crippen LogP contribution in [0.4, 0.5) is 0 Å². The molecule has 0 saturated carbocycles. The number of halogens is 1. The van der Waals surface area contributed by atoms with E-state index in [0.29, 0.717) is 6.54 Å². The van der Waals surface area contributed by atoms with Crippen molar-refractivity contribution in [1.82, 2.24) is 14.7 Å². The summed E-state index contributed by atoms with van der Waals surface area (Å²) in [4.78, 5) is 2.36. The van der Waals surface area contributed by atoms with Crippen LogP contribution in [-0.2, 0) is 6.54 Å². The van der Waals surface area contributed by atoms with Gasteiger partial charge < -0.3 is 10.0 Å². The van der Waals surface area contributed by atoms with Gasteiger partial charge in [0.25, 0.3) is 0 Å². The first-order valence-electron chi connectivity index (χ1n) is 6.22. The van der Waals surface area contributed by atoms with Crippen molar-refractivity contribution in [2.45, 2.75) is 32.4 Å². The fraction of sp³-hybridized carbons (Fsp3) is 0.750. The molecule has 1 saturated heterocycles. The van der Waals surface area contributed by atoms with Crippen LogP contribution in [-0.4, -0.2) is 45.5 Å². The van der Waals surface area contributed by atoms with E-state index in [1.54, 1.807) is 0 Å². The summed E-state index contributed by atoms with van der Waals surface area (Å²) in [7, 11) is 0. The number of nitrogens with zero attached hydrogens (tertiary/aromatic N) is 3. The van der Waals surface area contributed by atoms with E-state index in [4.69, 9.17) is 0 Å². The lowest BCUT2D eigenvalue weighted by Crippen LogP contribution is -2.39. The first kappa shape index (κ1) is 13.3. The van der Waals surface area contributed by atoms with Crippen molar-refractivity contribution in [1.29, 1.82) is 0 Å². The Bertz CT molecular complexity index is 347. The van der Waals surface area contributed by atoms with Gasteiger partial charge in [-0.05, 0) is 54.4 Å². The summed E-state index contributed by atoms with van der Waals surface area (Å²) in [6.07, 6.45) is 5.97. The Morgan fingerprint density at radius 3 is 2.76 bits per heavy atom. The summed E-state index contributed by atoms with van der Waals surface area (Å²) < 4.78 is 2.93. The lowest BCUT2D eigenvalue weighted by Gasteiger charge is -2.31. The van der Waals surface area contributed by atoms with E-state index in [9.17, 15) is 5.11 Å². The van der Waals surface area contributed by atoms with Gasteiger partial charge >= 0.3 is 0 Å². The van der Waals surface area contributed by atoms with Crippen molar-refractivity contribution < 1.29 is 5.11 Å². The lowest BCUT2D eigenvalue weighted by molar-refractivity contribution is 0.0777. The molecule has 1 unspecified atom stereocenters. The predicted octanol–water partition coefficient (Wildman–Crippen LogP) is 1.58. The maximum absolute atomic E-state index is 10.0. The molecule has 0 spiro atoms. The minimum absolute atomic E-state index is 0.320. The molecule has 0 amide bonds. The molecule has 96 valence electrons. The number of rotatable bonds is 4. The SMILES string of the molecule is CC1CCN(CC(O)Cn2cc(I)cn2)CC1. The smallest absolute Gasteiger partial charge is 0.0862 e. The first-order valence-corrected chi connectivity index (χ1v) is 7.29. The molecule has 1 aliphatic heterocycles. The first-order chi connectivity index (χ1) is 8.13. The molecular weight excluding hydrogens is 329 g/mol.